The van der Waals surface area contributed by atoms with Crippen LogP contribution in [0.2, 0.25) is 0 Å². The molecule has 108 valence electrons. The van der Waals surface area contributed by atoms with E-state index in [1.54, 1.807) is 24.4 Å². The first-order valence-electron chi connectivity index (χ1n) is 6.05. The zero-order valence-electron chi connectivity index (χ0n) is 10.9. The van der Waals surface area contributed by atoms with Gasteiger partial charge in [0.25, 0.3) is 11.6 Å². The van der Waals surface area contributed by atoms with E-state index in [4.69, 9.17) is 5.84 Å². The van der Waals surface area contributed by atoms with Gasteiger partial charge in [0.15, 0.2) is 0 Å². The van der Waals surface area contributed by atoms with Gasteiger partial charge < -0.3 is 10.7 Å². The number of nitrogens with zero attached hydrogens (tertiary/aromatic N) is 2. The van der Waals surface area contributed by atoms with Crippen molar-refractivity contribution in [3.05, 3.63) is 64.0 Å². The molecule has 0 aliphatic rings. The van der Waals surface area contributed by atoms with E-state index in [1.165, 1.54) is 18.2 Å². The lowest BCUT2D eigenvalue weighted by atomic mass is 10.1. The third-order valence-electron chi connectivity index (χ3n) is 2.78. The van der Waals surface area contributed by atoms with E-state index in [9.17, 15) is 14.9 Å². The number of benzene rings is 1. The number of hydrogen-bond donors (Lipinski definition) is 3. The smallest absolute Gasteiger partial charge is 0.294 e. The molecule has 0 saturated heterocycles. The molecule has 1 amide bonds. The third kappa shape index (κ3) is 3.31. The van der Waals surface area contributed by atoms with Crippen molar-refractivity contribution in [2.75, 3.05) is 5.43 Å². The van der Waals surface area contributed by atoms with Gasteiger partial charge in [-0.15, -0.1) is 0 Å². The summed E-state index contributed by atoms with van der Waals surface area (Å²) in [7, 11) is 0. The van der Waals surface area contributed by atoms with E-state index in [-0.39, 0.29) is 23.5 Å². The molecular weight excluding hydrogens is 274 g/mol. The van der Waals surface area contributed by atoms with Gasteiger partial charge in [0.05, 0.1) is 22.7 Å². The second kappa shape index (κ2) is 6.44. The van der Waals surface area contributed by atoms with Crippen LogP contribution in [0.15, 0.2) is 42.6 Å². The van der Waals surface area contributed by atoms with Crippen LogP contribution in [-0.4, -0.2) is 15.8 Å². The molecule has 8 nitrogen and oxygen atoms in total. The number of amides is 1. The highest BCUT2D eigenvalue weighted by Gasteiger charge is 2.20. The number of nitrogens with one attached hydrogen (secondary N) is 2. The molecule has 8 heteroatoms. The number of nitro groups is 1. The van der Waals surface area contributed by atoms with Crippen molar-refractivity contribution >= 4 is 17.3 Å². The number of nitrogen functional groups attached to an aromatic ring is 1. The zero-order valence-corrected chi connectivity index (χ0v) is 10.9. The molecular formula is C13H13N5O3. The topological polar surface area (TPSA) is 123 Å². The average Bonchev–Trinajstić information content (AvgIpc) is 2.52. The first-order valence-corrected chi connectivity index (χ1v) is 6.05. The largest absolute Gasteiger partial charge is 0.346 e. The number of nitrogens with two attached hydrogens (primary N) is 1. The van der Waals surface area contributed by atoms with Crippen LogP contribution in [0.3, 0.4) is 0 Å². The van der Waals surface area contributed by atoms with Crippen molar-refractivity contribution in [1.29, 1.82) is 0 Å². The van der Waals surface area contributed by atoms with Crippen LogP contribution in [0, 0.1) is 10.1 Å². The van der Waals surface area contributed by atoms with Crippen LogP contribution >= 0.6 is 0 Å². The Morgan fingerprint density at radius 1 is 1.29 bits per heavy atom. The highest BCUT2D eigenvalue weighted by molar-refractivity contribution is 6.01. The van der Waals surface area contributed by atoms with Crippen LogP contribution in [0.25, 0.3) is 0 Å². The second-order valence-electron chi connectivity index (χ2n) is 4.10. The molecule has 0 bridgehead atoms. The molecule has 21 heavy (non-hydrogen) atoms. The van der Waals surface area contributed by atoms with E-state index in [0.717, 1.165) is 0 Å². The van der Waals surface area contributed by atoms with Gasteiger partial charge >= 0.3 is 0 Å². The Balaban J connectivity index is 2.19. The number of rotatable bonds is 5. The van der Waals surface area contributed by atoms with E-state index in [0.29, 0.717) is 5.69 Å². The maximum Gasteiger partial charge on any atom is 0.294 e. The summed E-state index contributed by atoms with van der Waals surface area (Å²) in [6, 6.07) is 9.47. The van der Waals surface area contributed by atoms with Crippen molar-refractivity contribution < 1.29 is 9.72 Å². The molecule has 4 N–H and O–H groups in total. The maximum absolute atomic E-state index is 12.1. The summed E-state index contributed by atoms with van der Waals surface area (Å²) in [5.74, 6) is 4.81. The Kier molecular flexibility index (Phi) is 4.42. The maximum atomic E-state index is 12.1. The number of hydrogen-bond acceptors (Lipinski definition) is 6. The Morgan fingerprint density at radius 2 is 2.10 bits per heavy atom. The fourth-order valence-corrected chi connectivity index (χ4v) is 1.80. The predicted molar refractivity (Wildman–Crippen MR) is 76.3 cm³/mol. The van der Waals surface area contributed by atoms with Gasteiger partial charge in [-0.3, -0.25) is 25.7 Å². The van der Waals surface area contributed by atoms with Crippen LogP contribution in [0.5, 0.6) is 0 Å². The molecule has 0 fully saturated rings. The predicted octanol–water partition coefficient (Wildman–Crippen LogP) is 1.21. The summed E-state index contributed by atoms with van der Waals surface area (Å²) in [6.45, 7) is 0.215. The zero-order chi connectivity index (χ0) is 15.2. The molecule has 1 aromatic carbocycles. The van der Waals surface area contributed by atoms with Crippen molar-refractivity contribution in [3.63, 3.8) is 0 Å². The van der Waals surface area contributed by atoms with Gasteiger partial charge in [-0.05, 0) is 18.2 Å². The summed E-state index contributed by atoms with van der Waals surface area (Å²) < 4.78 is 0. The Bertz CT molecular complexity index is 660. The minimum absolute atomic E-state index is 0.0268. The summed E-state index contributed by atoms with van der Waals surface area (Å²) in [6.07, 6.45) is 1.61. The van der Waals surface area contributed by atoms with E-state index in [2.05, 4.69) is 15.7 Å². The number of para-hydroxylation sites is 1. The molecule has 0 aliphatic carbocycles. The summed E-state index contributed by atoms with van der Waals surface area (Å²) in [4.78, 5) is 26.5. The van der Waals surface area contributed by atoms with E-state index < -0.39 is 10.8 Å². The highest BCUT2D eigenvalue weighted by atomic mass is 16.6. The number of pyridine rings is 1. The van der Waals surface area contributed by atoms with Crippen molar-refractivity contribution in [2.45, 2.75) is 6.54 Å². The lowest BCUT2D eigenvalue weighted by Crippen LogP contribution is -2.25. The number of hydrazine groups is 1. The lowest BCUT2D eigenvalue weighted by molar-refractivity contribution is -0.384. The molecule has 0 saturated carbocycles. The quantitative estimate of drug-likeness (QED) is 0.431. The normalized spacial score (nSPS) is 9.95. The fraction of sp³-hybridized carbons (Fsp3) is 0.0769. The molecule has 0 radical (unpaired) electrons. The number of carbonyl (C=O) groups excluding carboxylic acids is 1. The fourth-order valence-electron chi connectivity index (χ4n) is 1.80. The Labute approximate surface area is 120 Å². The Morgan fingerprint density at radius 3 is 2.71 bits per heavy atom. The van der Waals surface area contributed by atoms with Gasteiger partial charge in [-0.1, -0.05) is 12.1 Å². The van der Waals surface area contributed by atoms with Gasteiger partial charge in [0, 0.05) is 12.3 Å². The summed E-state index contributed by atoms with van der Waals surface area (Å²) in [5.41, 5.74) is 2.70. The highest BCUT2D eigenvalue weighted by Crippen LogP contribution is 2.27. The van der Waals surface area contributed by atoms with Crippen molar-refractivity contribution in [1.82, 2.24) is 10.3 Å². The number of carbonyl (C=O) groups is 1. The molecule has 0 unspecified atom stereocenters. The minimum Gasteiger partial charge on any atom is -0.346 e. The average molecular weight is 287 g/mol. The van der Waals surface area contributed by atoms with Crippen molar-refractivity contribution in [2.24, 2.45) is 5.84 Å². The molecule has 1 heterocycles. The monoisotopic (exact) mass is 287 g/mol. The van der Waals surface area contributed by atoms with E-state index >= 15 is 0 Å². The van der Waals surface area contributed by atoms with Crippen LogP contribution in [0.1, 0.15) is 16.1 Å². The number of nitro benzene ring substituents is 1. The molecule has 0 aliphatic heterocycles. The molecule has 0 atom stereocenters. The third-order valence-corrected chi connectivity index (χ3v) is 2.78. The number of anilines is 1. The molecule has 0 spiro atoms. The van der Waals surface area contributed by atoms with Crippen LogP contribution < -0.4 is 16.6 Å². The van der Waals surface area contributed by atoms with Crippen LogP contribution in [0.4, 0.5) is 11.4 Å². The second-order valence-corrected chi connectivity index (χ2v) is 4.10. The first-order chi connectivity index (χ1) is 10.1. The Hall–Kier alpha value is -3.00. The SMILES string of the molecule is NNc1c(C(=O)NCc2ccccn2)cccc1[N+](=O)[O-]. The van der Waals surface area contributed by atoms with Gasteiger partial charge in [0.1, 0.15) is 5.69 Å². The van der Waals surface area contributed by atoms with Gasteiger partial charge in [-0.2, -0.15) is 0 Å². The molecule has 1 aromatic heterocycles. The van der Waals surface area contributed by atoms with Crippen molar-refractivity contribution in [3.8, 4) is 0 Å². The molecule has 2 rings (SSSR count). The lowest BCUT2D eigenvalue weighted by Gasteiger charge is -2.09. The van der Waals surface area contributed by atoms with E-state index in [1.807, 2.05) is 0 Å². The standard InChI is InChI=1S/C13H13N5O3/c14-17-12-10(5-3-6-11(12)18(20)21)13(19)16-8-9-4-1-2-7-15-9/h1-7,17H,8,14H2,(H,16,19). The van der Waals surface area contributed by atoms with Crippen LogP contribution in [-0.2, 0) is 6.54 Å². The van der Waals surface area contributed by atoms with Gasteiger partial charge in [0.2, 0.25) is 0 Å². The molecule has 2 aromatic rings. The number of aromatic nitrogens is 1. The summed E-state index contributed by atoms with van der Waals surface area (Å²) in [5, 5.41) is 13.5. The summed E-state index contributed by atoms with van der Waals surface area (Å²) >= 11 is 0. The first kappa shape index (κ1) is 14.4. The van der Waals surface area contributed by atoms with Gasteiger partial charge in [-0.25, -0.2) is 0 Å². The minimum atomic E-state index is -0.606.